The number of nitrogens with one attached hydrogen (secondary N) is 2. The molecule has 6 nitrogen and oxygen atoms in total. The van der Waals surface area contributed by atoms with Crippen LogP contribution in [0.4, 0.5) is 5.69 Å². The summed E-state index contributed by atoms with van der Waals surface area (Å²) in [6, 6.07) is 22.4. The number of aromatic amines is 1. The minimum absolute atomic E-state index is 0.0694. The Labute approximate surface area is 175 Å². The fraction of sp³-hybridized carbons (Fsp3) is 0. The largest absolute Gasteiger partial charge is 0.322 e. The number of pyridine rings is 1. The summed E-state index contributed by atoms with van der Waals surface area (Å²) < 4.78 is 1.98. The van der Waals surface area contributed by atoms with Gasteiger partial charge < -0.3 is 10.3 Å². The highest BCUT2D eigenvalue weighted by molar-refractivity contribution is 7.13. The summed E-state index contributed by atoms with van der Waals surface area (Å²) in [7, 11) is 0. The minimum atomic E-state index is -0.449. The first-order chi connectivity index (χ1) is 14.7. The molecule has 0 bridgehead atoms. The number of H-pyrrole nitrogens is 1. The Morgan fingerprint density at radius 3 is 2.57 bits per heavy atom. The number of carbonyl (C=O) groups excluding carboxylic acids is 1. The van der Waals surface area contributed by atoms with Crippen molar-refractivity contribution < 1.29 is 4.79 Å². The second-order valence-corrected chi connectivity index (χ2v) is 7.64. The van der Waals surface area contributed by atoms with Gasteiger partial charge >= 0.3 is 0 Å². The van der Waals surface area contributed by atoms with E-state index in [0.717, 1.165) is 21.6 Å². The van der Waals surface area contributed by atoms with E-state index in [1.807, 2.05) is 58.5 Å². The van der Waals surface area contributed by atoms with Crippen LogP contribution in [-0.4, -0.2) is 20.4 Å². The number of benzene rings is 2. The van der Waals surface area contributed by atoms with Crippen molar-refractivity contribution in [1.82, 2.24) is 14.5 Å². The smallest absolute Gasteiger partial charge is 0.261 e. The molecule has 3 heterocycles. The van der Waals surface area contributed by atoms with Crippen molar-refractivity contribution in [1.29, 1.82) is 0 Å². The third-order valence-electron chi connectivity index (χ3n) is 4.80. The van der Waals surface area contributed by atoms with Crippen LogP contribution in [0.25, 0.3) is 27.3 Å². The third-order valence-corrected chi connectivity index (χ3v) is 5.70. The van der Waals surface area contributed by atoms with Gasteiger partial charge in [0, 0.05) is 11.4 Å². The molecule has 2 N–H and O–H groups in total. The molecule has 1 amide bonds. The van der Waals surface area contributed by atoms with Crippen LogP contribution in [0.5, 0.6) is 0 Å². The number of para-hydroxylation sites is 2. The van der Waals surface area contributed by atoms with Gasteiger partial charge in [-0.2, -0.15) is 0 Å². The van der Waals surface area contributed by atoms with Crippen LogP contribution in [0, 0.1) is 0 Å². The predicted molar refractivity (Wildman–Crippen MR) is 119 cm³/mol. The van der Waals surface area contributed by atoms with Crippen LogP contribution >= 0.6 is 11.3 Å². The quantitative estimate of drug-likeness (QED) is 0.449. The molecule has 3 aromatic heterocycles. The molecule has 0 saturated heterocycles. The van der Waals surface area contributed by atoms with Crippen LogP contribution in [0.2, 0.25) is 0 Å². The van der Waals surface area contributed by atoms with Gasteiger partial charge in [-0.15, -0.1) is 11.3 Å². The first-order valence-corrected chi connectivity index (χ1v) is 10.2. The molecular formula is C23H16N4O2S. The lowest BCUT2D eigenvalue weighted by Gasteiger charge is -2.08. The van der Waals surface area contributed by atoms with Gasteiger partial charge in [-0.25, -0.2) is 4.98 Å². The Morgan fingerprint density at radius 2 is 1.80 bits per heavy atom. The van der Waals surface area contributed by atoms with Gasteiger partial charge in [-0.05, 0) is 60.0 Å². The lowest BCUT2D eigenvalue weighted by Crippen LogP contribution is -2.23. The molecule has 0 unspecified atom stereocenters. The first-order valence-electron chi connectivity index (χ1n) is 9.30. The predicted octanol–water partition coefficient (Wildman–Crippen LogP) is 4.69. The zero-order chi connectivity index (χ0) is 20.5. The molecule has 0 fully saturated rings. The van der Waals surface area contributed by atoms with Crippen molar-refractivity contribution in [3.63, 3.8) is 0 Å². The molecule has 0 aliphatic rings. The second kappa shape index (κ2) is 7.46. The zero-order valence-electron chi connectivity index (χ0n) is 15.7. The lowest BCUT2D eigenvalue weighted by atomic mass is 10.2. The number of thiophene rings is 1. The third kappa shape index (κ3) is 3.31. The molecule has 7 heteroatoms. The monoisotopic (exact) mass is 412 g/mol. The molecule has 5 rings (SSSR count). The van der Waals surface area contributed by atoms with Crippen LogP contribution < -0.4 is 10.9 Å². The maximum Gasteiger partial charge on any atom is 0.261 e. The summed E-state index contributed by atoms with van der Waals surface area (Å²) >= 11 is 1.53. The number of carbonyl (C=O) groups is 1. The Morgan fingerprint density at radius 1 is 0.967 bits per heavy atom. The number of hydrogen-bond acceptors (Lipinski definition) is 4. The number of imidazole rings is 1. The molecule has 0 radical (unpaired) electrons. The summed E-state index contributed by atoms with van der Waals surface area (Å²) in [5, 5.41) is 4.72. The Hall–Kier alpha value is -3.97. The van der Waals surface area contributed by atoms with E-state index in [2.05, 4.69) is 15.3 Å². The normalized spacial score (nSPS) is 10.9. The maximum atomic E-state index is 12.6. The van der Waals surface area contributed by atoms with Crippen molar-refractivity contribution in [3.05, 3.63) is 100 Å². The van der Waals surface area contributed by atoms with E-state index in [1.165, 1.54) is 11.3 Å². The fourth-order valence-corrected chi connectivity index (χ4v) is 4.00. The van der Waals surface area contributed by atoms with E-state index in [4.69, 9.17) is 0 Å². The Balaban J connectivity index is 1.36. The standard InChI is InChI=1S/C23H16N4O2S/c28-22(17-11-12-19(26-23(17)29)21-6-3-13-30-21)25-15-7-9-16(10-8-15)27-14-24-18-4-1-2-5-20(18)27/h1-14H,(H,25,28)(H,26,29). The van der Waals surface area contributed by atoms with Crippen molar-refractivity contribution in [2.45, 2.75) is 0 Å². The van der Waals surface area contributed by atoms with Gasteiger partial charge in [0.25, 0.3) is 11.5 Å². The lowest BCUT2D eigenvalue weighted by molar-refractivity contribution is 0.102. The fourth-order valence-electron chi connectivity index (χ4n) is 3.30. The number of anilines is 1. The number of nitrogens with zero attached hydrogens (tertiary/aromatic N) is 2. The summed E-state index contributed by atoms with van der Waals surface area (Å²) in [6.45, 7) is 0. The van der Waals surface area contributed by atoms with Gasteiger partial charge in [0.15, 0.2) is 0 Å². The number of fused-ring (bicyclic) bond motifs is 1. The van der Waals surface area contributed by atoms with Crippen LogP contribution in [-0.2, 0) is 0 Å². The van der Waals surface area contributed by atoms with Gasteiger partial charge in [0.2, 0.25) is 0 Å². The summed E-state index contributed by atoms with van der Waals surface area (Å²) in [5.74, 6) is -0.449. The molecular weight excluding hydrogens is 396 g/mol. The van der Waals surface area contributed by atoms with Crippen molar-refractivity contribution in [2.75, 3.05) is 5.32 Å². The molecule has 30 heavy (non-hydrogen) atoms. The summed E-state index contributed by atoms with van der Waals surface area (Å²) in [6.07, 6.45) is 1.77. The van der Waals surface area contributed by atoms with Gasteiger partial charge in [-0.1, -0.05) is 18.2 Å². The van der Waals surface area contributed by atoms with Gasteiger partial charge in [0.05, 0.1) is 21.6 Å². The zero-order valence-corrected chi connectivity index (χ0v) is 16.5. The van der Waals surface area contributed by atoms with Crippen molar-refractivity contribution in [3.8, 4) is 16.3 Å². The van der Waals surface area contributed by atoms with Crippen LogP contribution in [0.15, 0.2) is 89.3 Å². The number of rotatable bonds is 4. The first kappa shape index (κ1) is 18.1. The van der Waals surface area contributed by atoms with Crippen molar-refractivity contribution in [2.24, 2.45) is 0 Å². The highest BCUT2D eigenvalue weighted by Gasteiger charge is 2.12. The average Bonchev–Trinajstić information content (AvgIpc) is 3.44. The van der Waals surface area contributed by atoms with Crippen LogP contribution in [0.1, 0.15) is 10.4 Å². The van der Waals surface area contributed by atoms with Gasteiger partial charge in [0.1, 0.15) is 11.9 Å². The van der Waals surface area contributed by atoms with E-state index >= 15 is 0 Å². The highest BCUT2D eigenvalue weighted by atomic mass is 32.1. The summed E-state index contributed by atoms with van der Waals surface area (Å²) in [5.41, 5.74) is 3.81. The molecule has 146 valence electrons. The van der Waals surface area contributed by atoms with Crippen LogP contribution in [0.3, 0.4) is 0 Å². The number of hydrogen-bond donors (Lipinski definition) is 2. The molecule has 5 aromatic rings. The number of aromatic nitrogens is 3. The highest BCUT2D eigenvalue weighted by Crippen LogP contribution is 2.22. The SMILES string of the molecule is O=C(Nc1ccc(-n2cnc3ccccc32)cc1)c1ccc(-c2cccs2)[nH]c1=O. The molecule has 0 atom stereocenters. The number of amides is 1. The maximum absolute atomic E-state index is 12.6. The summed E-state index contributed by atoms with van der Waals surface area (Å²) in [4.78, 5) is 33.1. The van der Waals surface area contributed by atoms with E-state index in [9.17, 15) is 9.59 Å². The van der Waals surface area contributed by atoms with Gasteiger partial charge in [-0.3, -0.25) is 14.2 Å². The van der Waals surface area contributed by atoms with Crippen molar-refractivity contribution >= 4 is 34.0 Å². The topological polar surface area (TPSA) is 79.8 Å². The minimum Gasteiger partial charge on any atom is -0.322 e. The average molecular weight is 412 g/mol. The Bertz CT molecular complexity index is 1400. The van der Waals surface area contributed by atoms with E-state index in [-0.39, 0.29) is 5.56 Å². The van der Waals surface area contributed by atoms with E-state index in [1.54, 1.807) is 30.6 Å². The Kier molecular flexibility index (Phi) is 4.49. The molecule has 0 spiro atoms. The molecule has 0 aliphatic heterocycles. The molecule has 0 saturated carbocycles. The van der Waals surface area contributed by atoms with E-state index < -0.39 is 11.5 Å². The van der Waals surface area contributed by atoms with E-state index in [0.29, 0.717) is 11.4 Å². The second-order valence-electron chi connectivity index (χ2n) is 6.70. The molecule has 0 aliphatic carbocycles. The molecule has 2 aromatic carbocycles.